The normalized spacial score (nSPS) is 10.2. The molecule has 3 nitrogen and oxygen atoms in total. The van der Waals surface area contributed by atoms with Crippen LogP contribution >= 0.6 is 0 Å². The van der Waals surface area contributed by atoms with Gasteiger partial charge in [-0.15, -0.1) is 0 Å². The molecule has 0 atom stereocenters. The number of anilines is 1. The highest BCUT2D eigenvalue weighted by molar-refractivity contribution is 5.66. The van der Waals surface area contributed by atoms with Gasteiger partial charge in [0, 0.05) is 19.5 Å². The molecule has 17 heavy (non-hydrogen) atoms. The van der Waals surface area contributed by atoms with Gasteiger partial charge in [0.15, 0.2) is 0 Å². The molecule has 1 rings (SSSR count). The molecule has 0 aliphatic heterocycles. The third-order valence-corrected chi connectivity index (χ3v) is 2.64. The van der Waals surface area contributed by atoms with Crippen LogP contribution in [0.4, 0.5) is 10.1 Å². The molecular weight excluding hydrogens is 221 g/mol. The van der Waals surface area contributed by atoms with Crippen molar-refractivity contribution in [2.75, 3.05) is 18.0 Å². The summed E-state index contributed by atoms with van der Waals surface area (Å²) in [5.74, 6) is -1.01. The molecule has 4 heteroatoms. The Bertz CT molecular complexity index is 368. The number of para-hydroxylation sites is 1. The molecule has 1 aromatic rings. The highest BCUT2D eigenvalue weighted by Crippen LogP contribution is 2.18. The predicted octanol–water partition coefficient (Wildman–Crippen LogP) is 2.91. The molecule has 0 bridgehead atoms. The lowest BCUT2D eigenvalue weighted by Crippen LogP contribution is -2.25. The van der Waals surface area contributed by atoms with E-state index in [9.17, 15) is 9.18 Å². The summed E-state index contributed by atoms with van der Waals surface area (Å²) >= 11 is 0. The third-order valence-electron chi connectivity index (χ3n) is 2.64. The molecule has 0 radical (unpaired) electrons. The minimum absolute atomic E-state index is 0.175. The SMILES string of the molecule is CCN(CCCCC(=O)O)c1ccccc1F. The quantitative estimate of drug-likeness (QED) is 0.744. The molecular formula is C13H18FNO2. The molecule has 0 aromatic heterocycles. The number of carbonyl (C=O) groups is 1. The Hall–Kier alpha value is -1.58. The highest BCUT2D eigenvalue weighted by atomic mass is 19.1. The van der Waals surface area contributed by atoms with Gasteiger partial charge in [0.25, 0.3) is 0 Å². The van der Waals surface area contributed by atoms with Crippen LogP contribution in [0.15, 0.2) is 24.3 Å². The first kappa shape index (κ1) is 13.5. The van der Waals surface area contributed by atoms with Crippen LogP contribution in [0.5, 0.6) is 0 Å². The minimum Gasteiger partial charge on any atom is -0.481 e. The summed E-state index contributed by atoms with van der Waals surface area (Å²) in [5.41, 5.74) is 0.588. The van der Waals surface area contributed by atoms with Gasteiger partial charge in [-0.05, 0) is 31.9 Å². The fraction of sp³-hybridized carbons (Fsp3) is 0.462. The number of carboxylic acids is 1. The van der Waals surface area contributed by atoms with Crippen molar-refractivity contribution in [2.45, 2.75) is 26.2 Å². The summed E-state index contributed by atoms with van der Waals surface area (Å²) in [6, 6.07) is 6.65. The Kier molecular flexibility index (Phi) is 5.46. The van der Waals surface area contributed by atoms with Gasteiger partial charge in [-0.3, -0.25) is 4.79 Å². The first-order valence-corrected chi connectivity index (χ1v) is 5.86. The number of aliphatic carboxylic acids is 1. The van der Waals surface area contributed by atoms with Crippen molar-refractivity contribution >= 4 is 11.7 Å². The monoisotopic (exact) mass is 239 g/mol. The minimum atomic E-state index is -0.779. The Morgan fingerprint density at radius 2 is 2.06 bits per heavy atom. The summed E-state index contributed by atoms with van der Waals surface area (Å²) < 4.78 is 13.5. The van der Waals surface area contributed by atoms with Gasteiger partial charge in [-0.25, -0.2) is 4.39 Å². The fourth-order valence-electron chi connectivity index (χ4n) is 1.74. The van der Waals surface area contributed by atoms with E-state index < -0.39 is 5.97 Å². The van der Waals surface area contributed by atoms with Gasteiger partial charge in [0.2, 0.25) is 0 Å². The third kappa shape index (κ3) is 4.43. The van der Waals surface area contributed by atoms with E-state index in [4.69, 9.17) is 5.11 Å². The van der Waals surface area contributed by atoms with Gasteiger partial charge in [0.05, 0.1) is 5.69 Å². The molecule has 0 aliphatic carbocycles. The Morgan fingerprint density at radius 1 is 1.35 bits per heavy atom. The second kappa shape index (κ2) is 6.89. The molecule has 0 saturated heterocycles. The van der Waals surface area contributed by atoms with E-state index in [1.165, 1.54) is 6.07 Å². The number of nitrogens with zero attached hydrogens (tertiary/aromatic N) is 1. The van der Waals surface area contributed by atoms with Crippen LogP contribution in [0.25, 0.3) is 0 Å². The van der Waals surface area contributed by atoms with Crippen LogP contribution in [0.2, 0.25) is 0 Å². The van der Waals surface area contributed by atoms with Crippen molar-refractivity contribution in [1.29, 1.82) is 0 Å². The summed E-state index contributed by atoms with van der Waals surface area (Å²) in [7, 11) is 0. The van der Waals surface area contributed by atoms with Gasteiger partial charge in [-0.1, -0.05) is 12.1 Å². The number of benzene rings is 1. The zero-order valence-electron chi connectivity index (χ0n) is 10.0. The molecule has 1 aromatic carbocycles. The van der Waals surface area contributed by atoms with Gasteiger partial charge in [-0.2, -0.15) is 0 Å². The van der Waals surface area contributed by atoms with Crippen molar-refractivity contribution in [3.63, 3.8) is 0 Å². The van der Waals surface area contributed by atoms with Crippen LogP contribution in [-0.4, -0.2) is 24.2 Å². The smallest absolute Gasteiger partial charge is 0.303 e. The van der Waals surface area contributed by atoms with Crippen molar-refractivity contribution in [2.24, 2.45) is 0 Å². The lowest BCUT2D eigenvalue weighted by atomic mass is 10.2. The predicted molar refractivity (Wildman–Crippen MR) is 65.8 cm³/mol. The van der Waals surface area contributed by atoms with E-state index in [0.29, 0.717) is 25.2 Å². The van der Waals surface area contributed by atoms with Crippen LogP contribution in [0.1, 0.15) is 26.2 Å². The summed E-state index contributed by atoms with van der Waals surface area (Å²) in [6.07, 6.45) is 1.56. The molecule has 1 N–H and O–H groups in total. The molecule has 0 unspecified atom stereocenters. The molecule has 0 amide bonds. The maximum atomic E-state index is 13.5. The van der Waals surface area contributed by atoms with Crippen molar-refractivity contribution in [3.8, 4) is 0 Å². The first-order valence-electron chi connectivity index (χ1n) is 5.86. The fourth-order valence-corrected chi connectivity index (χ4v) is 1.74. The highest BCUT2D eigenvalue weighted by Gasteiger charge is 2.08. The zero-order valence-corrected chi connectivity index (χ0v) is 10.0. The topological polar surface area (TPSA) is 40.5 Å². The molecule has 0 spiro atoms. The Balaban J connectivity index is 2.49. The number of halogens is 1. The number of unbranched alkanes of at least 4 members (excludes halogenated alkanes) is 1. The molecule has 0 heterocycles. The zero-order chi connectivity index (χ0) is 12.7. The second-order valence-corrected chi connectivity index (χ2v) is 3.88. The molecule has 94 valence electrons. The van der Waals surface area contributed by atoms with E-state index in [1.807, 2.05) is 11.8 Å². The maximum Gasteiger partial charge on any atom is 0.303 e. The van der Waals surface area contributed by atoms with Crippen LogP contribution in [0.3, 0.4) is 0 Å². The van der Waals surface area contributed by atoms with Crippen LogP contribution in [-0.2, 0) is 4.79 Å². The lowest BCUT2D eigenvalue weighted by molar-refractivity contribution is -0.137. The van der Waals surface area contributed by atoms with E-state index >= 15 is 0 Å². The number of carboxylic acid groups (broad SMARTS) is 1. The maximum absolute atomic E-state index is 13.5. The molecule has 0 fully saturated rings. The Morgan fingerprint density at radius 3 is 2.65 bits per heavy atom. The standard InChI is InChI=1S/C13H18FNO2/c1-2-15(10-6-5-9-13(16)17)12-8-4-3-7-11(12)14/h3-4,7-8H,2,5-6,9-10H2,1H3,(H,16,17). The lowest BCUT2D eigenvalue weighted by Gasteiger charge is -2.23. The van der Waals surface area contributed by atoms with E-state index in [2.05, 4.69) is 0 Å². The van der Waals surface area contributed by atoms with Crippen LogP contribution in [0, 0.1) is 5.82 Å². The summed E-state index contributed by atoms with van der Waals surface area (Å²) in [4.78, 5) is 12.3. The van der Waals surface area contributed by atoms with Crippen molar-refractivity contribution in [1.82, 2.24) is 0 Å². The number of hydrogen-bond donors (Lipinski definition) is 1. The molecule has 0 saturated carbocycles. The van der Waals surface area contributed by atoms with Gasteiger partial charge < -0.3 is 10.0 Å². The molecule has 0 aliphatic rings. The van der Waals surface area contributed by atoms with E-state index in [1.54, 1.807) is 18.2 Å². The average molecular weight is 239 g/mol. The van der Waals surface area contributed by atoms with Crippen molar-refractivity contribution < 1.29 is 14.3 Å². The van der Waals surface area contributed by atoms with E-state index in [-0.39, 0.29) is 12.2 Å². The van der Waals surface area contributed by atoms with E-state index in [0.717, 1.165) is 6.42 Å². The largest absolute Gasteiger partial charge is 0.481 e. The van der Waals surface area contributed by atoms with Crippen LogP contribution < -0.4 is 4.90 Å². The summed E-state index contributed by atoms with van der Waals surface area (Å²) in [6.45, 7) is 3.36. The average Bonchev–Trinajstić information content (AvgIpc) is 2.30. The second-order valence-electron chi connectivity index (χ2n) is 3.88. The van der Waals surface area contributed by atoms with Gasteiger partial charge >= 0.3 is 5.97 Å². The Labute approximate surface area is 101 Å². The van der Waals surface area contributed by atoms with Crippen molar-refractivity contribution in [3.05, 3.63) is 30.1 Å². The van der Waals surface area contributed by atoms with Gasteiger partial charge in [0.1, 0.15) is 5.82 Å². The number of hydrogen-bond acceptors (Lipinski definition) is 2. The first-order chi connectivity index (χ1) is 8.15. The summed E-state index contributed by atoms with van der Waals surface area (Å²) in [5, 5.41) is 8.52. The number of rotatable bonds is 7.